The largest absolute Gasteiger partial charge is 0.493 e. The van der Waals surface area contributed by atoms with Gasteiger partial charge in [-0.3, -0.25) is 14.5 Å². The van der Waals surface area contributed by atoms with Crippen LogP contribution in [0.3, 0.4) is 0 Å². The molecule has 1 aliphatic carbocycles. The number of esters is 1. The van der Waals surface area contributed by atoms with Crippen LogP contribution in [0.15, 0.2) is 42.5 Å². The Bertz CT molecular complexity index is 934. The van der Waals surface area contributed by atoms with Crippen molar-refractivity contribution in [3.05, 3.63) is 59.2 Å². The van der Waals surface area contributed by atoms with Crippen LogP contribution in [0.25, 0.3) is 0 Å². The van der Waals surface area contributed by atoms with Gasteiger partial charge in [-0.15, -0.1) is 0 Å². The molecule has 0 N–H and O–H groups in total. The van der Waals surface area contributed by atoms with E-state index in [-0.39, 0.29) is 5.78 Å². The Balaban J connectivity index is 1.27. The lowest BCUT2D eigenvalue weighted by Crippen LogP contribution is -2.35. The molecule has 1 atom stereocenters. The number of carbonyl (C=O) groups is 2. The van der Waals surface area contributed by atoms with Gasteiger partial charge in [0.25, 0.3) is 0 Å². The van der Waals surface area contributed by atoms with Crippen LogP contribution in [-0.4, -0.2) is 50.6 Å². The molecule has 6 nitrogen and oxygen atoms in total. The fraction of sp³-hybridized carbons (Fsp3) is 0.440. The first-order valence-corrected chi connectivity index (χ1v) is 10.8. The van der Waals surface area contributed by atoms with Crippen LogP contribution in [0, 0.1) is 11.8 Å². The molecule has 0 spiro atoms. The first-order chi connectivity index (χ1) is 15.1. The number of ketones is 1. The topological polar surface area (TPSA) is 65.1 Å². The molecule has 1 heterocycles. The number of methoxy groups -OCH3 is 2. The predicted octanol–water partition coefficient (Wildman–Crippen LogP) is 3.51. The minimum absolute atomic E-state index is 0.196. The SMILES string of the molecule is COc1cc2c(cc1OC)C(=O)C(C(=O)OCC1CCN(Cc3ccccc3)CC1)C2. The summed E-state index contributed by atoms with van der Waals surface area (Å²) in [5.74, 6) is 0.000663. The van der Waals surface area contributed by atoms with Crippen LogP contribution in [0.4, 0.5) is 0 Å². The van der Waals surface area contributed by atoms with Crippen molar-refractivity contribution < 1.29 is 23.8 Å². The van der Waals surface area contributed by atoms with Crippen LogP contribution in [0.2, 0.25) is 0 Å². The zero-order chi connectivity index (χ0) is 21.8. The number of fused-ring (bicyclic) bond motifs is 1. The molecule has 0 bridgehead atoms. The van der Waals surface area contributed by atoms with Crippen molar-refractivity contribution in [1.29, 1.82) is 0 Å². The van der Waals surface area contributed by atoms with Gasteiger partial charge in [-0.2, -0.15) is 0 Å². The molecule has 0 saturated carbocycles. The van der Waals surface area contributed by atoms with Crippen molar-refractivity contribution in [3.8, 4) is 11.5 Å². The van der Waals surface area contributed by atoms with E-state index in [9.17, 15) is 9.59 Å². The second kappa shape index (κ2) is 9.52. The Kier molecular flexibility index (Phi) is 6.56. The highest BCUT2D eigenvalue weighted by atomic mass is 16.5. The van der Waals surface area contributed by atoms with E-state index in [4.69, 9.17) is 14.2 Å². The molecule has 1 saturated heterocycles. The monoisotopic (exact) mass is 423 g/mol. The van der Waals surface area contributed by atoms with Gasteiger partial charge in [-0.1, -0.05) is 30.3 Å². The van der Waals surface area contributed by atoms with Crippen LogP contribution in [0.5, 0.6) is 11.5 Å². The fourth-order valence-corrected chi connectivity index (χ4v) is 4.46. The highest BCUT2D eigenvalue weighted by molar-refractivity contribution is 6.12. The summed E-state index contributed by atoms with van der Waals surface area (Å²) >= 11 is 0. The van der Waals surface area contributed by atoms with E-state index in [1.54, 1.807) is 19.2 Å². The molecule has 6 heteroatoms. The van der Waals surface area contributed by atoms with Crippen molar-refractivity contribution in [1.82, 2.24) is 4.90 Å². The molecule has 0 aromatic heterocycles. The third-order valence-electron chi connectivity index (χ3n) is 6.32. The molecule has 164 valence electrons. The van der Waals surface area contributed by atoms with Crippen molar-refractivity contribution in [2.75, 3.05) is 33.9 Å². The molecule has 1 fully saturated rings. The minimum atomic E-state index is -0.773. The maximum absolute atomic E-state index is 12.8. The zero-order valence-corrected chi connectivity index (χ0v) is 18.1. The summed E-state index contributed by atoms with van der Waals surface area (Å²) in [4.78, 5) is 27.9. The first-order valence-electron chi connectivity index (χ1n) is 10.8. The van der Waals surface area contributed by atoms with Gasteiger partial charge < -0.3 is 14.2 Å². The molecule has 0 amide bonds. The summed E-state index contributed by atoms with van der Waals surface area (Å²) in [6.45, 7) is 3.31. The predicted molar refractivity (Wildman–Crippen MR) is 116 cm³/mol. The van der Waals surface area contributed by atoms with Crippen molar-refractivity contribution in [2.45, 2.75) is 25.8 Å². The minimum Gasteiger partial charge on any atom is -0.493 e. The Morgan fingerprint density at radius 2 is 1.71 bits per heavy atom. The molecule has 1 unspecified atom stereocenters. The maximum atomic E-state index is 12.8. The van der Waals surface area contributed by atoms with Crippen LogP contribution in [-0.2, 0) is 22.5 Å². The number of hydrogen-bond donors (Lipinski definition) is 0. The van der Waals surface area contributed by atoms with E-state index in [0.717, 1.165) is 38.0 Å². The Morgan fingerprint density at radius 3 is 2.39 bits per heavy atom. The Labute approximate surface area is 183 Å². The summed E-state index contributed by atoms with van der Waals surface area (Å²) in [5, 5.41) is 0. The van der Waals surface area contributed by atoms with Gasteiger partial charge in [0, 0.05) is 12.1 Å². The number of likely N-dealkylation sites (tertiary alicyclic amines) is 1. The van der Waals surface area contributed by atoms with Gasteiger partial charge in [0.1, 0.15) is 5.92 Å². The number of carbonyl (C=O) groups excluding carboxylic acids is 2. The number of benzene rings is 2. The second-order valence-electron chi connectivity index (χ2n) is 8.32. The van der Waals surface area contributed by atoms with Crippen molar-refractivity contribution in [3.63, 3.8) is 0 Å². The fourth-order valence-electron chi connectivity index (χ4n) is 4.46. The Hall–Kier alpha value is -2.86. The number of Topliss-reactive ketones (excluding diaryl/α,β-unsaturated/α-hetero) is 1. The van der Waals surface area contributed by atoms with E-state index < -0.39 is 11.9 Å². The molecule has 2 aromatic carbocycles. The smallest absolute Gasteiger partial charge is 0.317 e. The maximum Gasteiger partial charge on any atom is 0.317 e. The Morgan fingerprint density at radius 1 is 1.03 bits per heavy atom. The van der Waals surface area contributed by atoms with E-state index in [2.05, 4.69) is 29.2 Å². The molecule has 31 heavy (non-hydrogen) atoms. The summed E-state index contributed by atoms with van der Waals surface area (Å²) in [5.41, 5.74) is 2.65. The van der Waals surface area contributed by atoms with Gasteiger partial charge in [0.05, 0.1) is 20.8 Å². The van der Waals surface area contributed by atoms with Gasteiger partial charge in [-0.05, 0) is 61.5 Å². The number of ether oxygens (including phenoxy) is 3. The summed E-state index contributed by atoms with van der Waals surface area (Å²) < 4.78 is 16.2. The number of rotatable bonds is 7. The summed E-state index contributed by atoms with van der Waals surface area (Å²) in [6, 6.07) is 13.9. The van der Waals surface area contributed by atoms with E-state index in [0.29, 0.717) is 36.0 Å². The quantitative estimate of drug-likeness (QED) is 0.502. The average molecular weight is 424 g/mol. The third kappa shape index (κ3) is 4.74. The molecule has 1 aliphatic heterocycles. The summed E-state index contributed by atoms with van der Waals surface area (Å²) in [6.07, 6.45) is 2.34. The lowest BCUT2D eigenvalue weighted by molar-refractivity contribution is -0.148. The van der Waals surface area contributed by atoms with Gasteiger partial charge >= 0.3 is 5.97 Å². The molecular weight excluding hydrogens is 394 g/mol. The van der Waals surface area contributed by atoms with E-state index in [1.807, 2.05) is 6.07 Å². The molecule has 0 radical (unpaired) electrons. The van der Waals surface area contributed by atoms with Crippen molar-refractivity contribution in [2.24, 2.45) is 11.8 Å². The first kappa shape index (κ1) is 21.4. The van der Waals surface area contributed by atoms with Crippen LogP contribution < -0.4 is 9.47 Å². The highest BCUT2D eigenvalue weighted by Crippen LogP contribution is 2.37. The highest BCUT2D eigenvalue weighted by Gasteiger charge is 2.38. The molecule has 4 rings (SSSR count). The van der Waals surface area contributed by atoms with Gasteiger partial charge in [-0.25, -0.2) is 0 Å². The van der Waals surface area contributed by atoms with Crippen LogP contribution >= 0.6 is 0 Å². The second-order valence-corrected chi connectivity index (χ2v) is 8.32. The summed E-state index contributed by atoms with van der Waals surface area (Å²) in [7, 11) is 3.08. The zero-order valence-electron chi connectivity index (χ0n) is 18.1. The third-order valence-corrected chi connectivity index (χ3v) is 6.32. The van der Waals surface area contributed by atoms with Crippen molar-refractivity contribution >= 4 is 11.8 Å². The standard InChI is InChI=1S/C25H29NO5/c1-29-22-13-19-12-21(24(27)20(19)14-23(22)30-2)25(28)31-16-18-8-10-26(11-9-18)15-17-6-4-3-5-7-17/h3-7,13-14,18,21H,8-12,15-16H2,1-2H3. The number of hydrogen-bond acceptors (Lipinski definition) is 6. The number of piperidine rings is 1. The van der Waals surface area contributed by atoms with Gasteiger partial charge in [0.15, 0.2) is 17.3 Å². The lowest BCUT2D eigenvalue weighted by atomic mass is 9.97. The molecular formula is C25H29NO5. The van der Waals surface area contributed by atoms with Crippen LogP contribution in [0.1, 0.15) is 34.3 Å². The molecule has 2 aliphatic rings. The normalized spacial score (nSPS) is 19.2. The lowest BCUT2D eigenvalue weighted by Gasteiger charge is -2.31. The molecule has 2 aromatic rings. The van der Waals surface area contributed by atoms with Gasteiger partial charge in [0.2, 0.25) is 0 Å². The number of nitrogens with zero attached hydrogens (tertiary/aromatic N) is 1. The average Bonchev–Trinajstić information content (AvgIpc) is 3.13. The van der Waals surface area contributed by atoms with E-state index in [1.165, 1.54) is 12.7 Å². The van der Waals surface area contributed by atoms with E-state index >= 15 is 0 Å².